The number of rotatable bonds is 9. The van der Waals surface area contributed by atoms with E-state index in [2.05, 4.69) is 20.6 Å². The fraction of sp³-hybridized carbons (Fsp3) is 0.364. The normalized spacial score (nSPS) is 16.6. The van der Waals surface area contributed by atoms with Crippen molar-refractivity contribution in [2.45, 2.75) is 64.9 Å². The summed E-state index contributed by atoms with van der Waals surface area (Å²) in [7, 11) is 0. The van der Waals surface area contributed by atoms with Gasteiger partial charge in [-0.05, 0) is 69.5 Å². The Hall–Kier alpha value is -4.77. The van der Waals surface area contributed by atoms with E-state index in [1.165, 1.54) is 0 Å². The van der Waals surface area contributed by atoms with E-state index in [0.717, 1.165) is 11.3 Å². The quantitative estimate of drug-likeness (QED) is 0.269. The lowest BCUT2D eigenvalue weighted by molar-refractivity contribution is -0.148. The smallest absolute Gasteiger partial charge is 0.412 e. The number of hydrogen-bond acceptors (Lipinski definition) is 9. The summed E-state index contributed by atoms with van der Waals surface area (Å²) in [5.41, 5.74) is 0.229. The molecule has 1 fully saturated rings. The van der Waals surface area contributed by atoms with E-state index in [4.69, 9.17) is 13.9 Å². The molecule has 0 bridgehead atoms. The molecule has 2 N–H and O–H groups in total. The number of benzene rings is 2. The minimum atomic E-state index is -1.45. The maximum absolute atomic E-state index is 13.9. The van der Waals surface area contributed by atoms with Crippen molar-refractivity contribution < 1.29 is 23.5 Å². The number of fused-ring (bicyclic) bond motifs is 1. The summed E-state index contributed by atoms with van der Waals surface area (Å²) in [6.07, 6.45) is 2.61. The van der Waals surface area contributed by atoms with Crippen molar-refractivity contribution in [2.24, 2.45) is 0 Å². The highest BCUT2D eigenvalue weighted by Gasteiger charge is 2.51. The summed E-state index contributed by atoms with van der Waals surface area (Å²) >= 11 is 0. The lowest BCUT2D eigenvalue weighted by Crippen LogP contribution is -2.58. The van der Waals surface area contributed by atoms with E-state index in [0.29, 0.717) is 49.1 Å². The molecule has 0 aliphatic carbocycles. The molecule has 0 radical (unpaired) electrons. The van der Waals surface area contributed by atoms with Crippen LogP contribution in [0.4, 0.5) is 16.5 Å². The zero-order chi connectivity index (χ0) is 31.3. The molecule has 2 amide bonds. The molecule has 5 rings (SSSR count). The van der Waals surface area contributed by atoms with Crippen molar-refractivity contribution in [1.82, 2.24) is 15.3 Å². The number of pyridine rings is 1. The first-order valence-corrected chi connectivity index (χ1v) is 14.6. The van der Waals surface area contributed by atoms with Gasteiger partial charge in [0.1, 0.15) is 5.60 Å². The molecule has 3 heterocycles. The van der Waals surface area contributed by atoms with Gasteiger partial charge in [0.05, 0.1) is 17.5 Å². The van der Waals surface area contributed by atoms with Crippen LogP contribution in [0.25, 0.3) is 10.9 Å². The van der Waals surface area contributed by atoms with Gasteiger partial charge in [-0.2, -0.15) is 4.98 Å². The van der Waals surface area contributed by atoms with Gasteiger partial charge in [-0.3, -0.25) is 20.0 Å². The fourth-order valence-electron chi connectivity index (χ4n) is 5.23. The van der Waals surface area contributed by atoms with Gasteiger partial charge >= 0.3 is 17.7 Å². The van der Waals surface area contributed by atoms with Gasteiger partial charge in [0.15, 0.2) is 0 Å². The lowest BCUT2D eigenvalue weighted by Gasteiger charge is -2.36. The van der Waals surface area contributed by atoms with Crippen LogP contribution in [0, 0.1) is 6.92 Å². The highest BCUT2D eigenvalue weighted by atomic mass is 16.6. The number of aromatic nitrogens is 2. The van der Waals surface area contributed by atoms with Crippen LogP contribution in [-0.2, 0) is 27.3 Å². The number of aryl methyl sites for hydroxylation is 1. The van der Waals surface area contributed by atoms with E-state index < -0.39 is 23.0 Å². The molecule has 2 aromatic carbocycles. The molecular formula is C33H37N5O6. The minimum absolute atomic E-state index is 0.0137. The average Bonchev–Trinajstić information content (AvgIpc) is 3.43. The molecule has 2 aromatic heterocycles. The van der Waals surface area contributed by atoms with Crippen LogP contribution < -0.4 is 21.2 Å². The van der Waals surface area contributed by atoms with E-state index in [-0.39, 0.29) is 23.9 Å². The van der Waals surface area contributed by atoms with Gasteiger partial charge in [-0.1, -0.05) is 36.4 Å². The van der Waals surface area contributed by atoms with Gasteiger partial charge in [-0.15, -0.1) is 0 Å². The molecule has 1 unspecified atom stereocenters. The Morgan fingerprint density at radius 2 is 1.84 bits per heavy atom. The standard InChI is InChI=1S/C33H37N5O6/c1-22-25(37-31(41)44-32(2,3)4)14-15-26-27(22)28(39)43-30(36-26)38-20-10-17-33(38,42-21-23-11-6-5-7-12-23)29(40)35-19-16-24-13-8-9-18-34-24/h5-9,11-15,18H,10,16-17,19-21H2,1-4H3,(H,35,40)(H,37,41). The summed E-state index contributed by atoms with van der Waals surface area (Å²) < 4.78 is 17.5. The van der Waals surface area contributed by atoms with Gasteiger partial charge < -0.3 is 19.2 Å². The van der Waals surface area contributed by atoms with E-state index in [9.17, 15) is 14.4 Å². The fourth-order valence-corrected chi connectivity index (χ4v) is 5.23. The molecule has 0 saturated carbocycles. The lowest BCUT2D eigenvalue weighted by atomic mass is 10.1. The highest BCUT2D eigenvalue weighted by molar-refractivity contribution is 5.93. The van der Waals surface area contributed by atoms with E-state index in [1.807, 2.05) is 48.5 Å². The second-order valence-corrected chi connectivity index (χ2v) is 11.7. The van der Waals surface area contributed by atoms with E-state index in [1.54, 1.807) is 50.9 Å². The summed E-state index contributed by atoms with van der Waals surface area (Å²) in [6, 6.07) is 18.5. The van der Waals surface area contributed by atoms with Crippen LogP contribution in [0.1, 0.15) is 50.4 Å². The number of nitrogens with one attached hydrogen (secondary N) is 2. The van der Waals surface area contributed by atoms with Crippen LogP contribution >= 0.6 is 0 Å². The van der Waals surface area contributed by atoms with E-state index >= 15 is 0 Å². The van der Waals surface area contributed by atoms with Crippen LogP contribution in [0.2, 0.25) is 0 Å². The largest absolute Gasteiger partial charge is 0.444 e. The molecule has 1 atom stereocenters. The monoisotopic (exact) mass is 599 g/mol. The third-order valence-corrected chi connectivity index (χ3v) is 7.32. The first-order chi connectivity index (χ1) is 21.1. The predicted octanol–water partition coefficient (Wildman–Crippen LogP) is 5.11. The Labute approximate surface area is 255 Å². The molecule has 11 nitrogen and oxygen atoms in total. The SMILES string of the molecule is Cc1c(NC(=O)OC(C)(C)C)ccc2nc(N3CCCC3(OCc3ccccc3)C(=O)NCCc3ccccn3)oc(=O)c12. The number of carbonyl (C=O) groups excluding carboxylic acids is 2. The van der Waals surface area contributed by atoms with Gasteiger partial charge in [0.25, 0.3) is 5.91 Å². The number of ether oxygens (including phenoxy) is 2. The number of hydrogen-bond donors (Lipinski definition) is 2. The first-order valence-electron chi connectivity index (χ1n) is 14.6. The van der Waals surface area contributed by atoms with Crippen molar-refractivity contribution in [3.63, 3.8) is 0 Å². The zero-order valence-corrected chi connectivity index (χ0v) is 25.4. The Morgan fingerprint density at radius 1 is 1.07 bits per heavy atom. The van der Waals surface area contributed by atoms with Crippen LogP contribution in [0.15, 0.2) is 76.1 Å². The molecule has 1 aliphatic rings. The molecule has 4 aromatic rings. The van der Waals surface area contributed by atoms with Gasteiger partial charge in [0.2, 0.25) is 5.72 Å². The predicted molar refractivity (Wildman–Crippen MR) is 166 cm³/mol. The molecule has 1 saturated heterocycles. The summed E-state index contributed by atoms with van der Waals surface area (Å²) in [6.45, 7) is 7.91. The van der Waals surface area contributed by atoms with Gasteiger partial charge in [0, 0.05) is 43.5 Å². The van der Waals surface area contributed by atoms with Crippen molar-refractivity contribution in [2.75, 3.05) is 23.3 Å². The molecule has 11 heteroatoms. The zero-order valence-electron chi connectivity index (χ0n) is 25.4. The Morgan fingerprint density at radius 3 is 2.57 bits per heavy atom. The Kier molecular flexibility index (Phi) is 8.96. The second kappa shape index (κ2) is 12.8. The number of carbonyl (C=O) groups is 2. The van der Waals surface area contributed by atoms with Crippen molar-refractivity contribution in [3.05, 3.63) is 94.1 Å². The summed E-state index contributed by atoms with van der Waals surface area (Å²) in [4.78, 5) is 50.3. The molecule has 44 heavy (non-hydrogen) atoms. The minimum Gasteiger partial charge on any atom is -0.444 e. The summed E-state index contributed by atoms with van der Waals surface area (Å²) in [5.74, 6) is -0.348. The Balaban J connectivity index is 1.44. The number of nitrogens with zero attached hydrogens (tertiary/aromatic N) is 3. The van der Waals surface area contributed by atoms with Gasteiger partial charge in [-0.25, -0.2) is 9.59 Å². The topological polar surface area (TPSA) is 136 Å². The van der Waals surface area contributed by atoms with Crippen molar-refractivity contribution >= 4 is 34.6 Å². The maximum Gasteiger partial charge on any atom is 0.412 e. The molecule has 1 aliphatic heterocycles. The molecule has 230 valence electrons. The van der Waals surface area contributed by atoms with Crippen LogP contribution in [-0.4, -0.2) is 46.4 Å². The third kappa shape index (κ3) is 6.89. The highest BCUT2D eigenvalue weighted by Crippen LogP contribution is 2.36. The number of anilines is 2. The van der Waals surface area contributed by atoms with Crippen LogP contribution in [0.3, 0.4) is 0 Å². The molecule has 0 spiro atoms. The van der Waals surface area contributed by atoms with Crippen molar-refractivity contribution in [3.8, 4) is 0 Å². The van der Waals surface area contributed by atoms with Crippen LogP contribution in [0.5, 0.6) is 0 Å². The average molecular weight is 600 g/mol. The summed E-state index contributed by atoms with van der Waals surface area (Å²) in [5, 5.41) is 5.92. The molecular weight excluding hydrogens is 562 g/mol. The first kappa shape index (κ1) is 30.7. The number of amides is 2. The third-order valence-electron chi connectivity index (χ3n) is 7.32. The van der Waals surface area contributed by atoms with Crippen molar-refractivity contribution in [1.29, 1.82) is 0 Å². The maximum atomic E-state index is 13.9. The second-order valence-electron chi connectivity index (χ2n) is 11.7. The Bertz CT molecular complexity index is 1690.